The van der Waals surface area contributed by atoms with Crippen LogP contribution in [-0.2, 0) is 9.59 Å². The topological polar surface area (TPSA) is 86.2 Å². The molecule has 246 valence electrons. The van der Waals surface area contributed by atoms with Gasteiger partial charge in [0.15, 0.2) is 0 Å². The van der Waals surface area contributed by atoms with Crippen molar-refractivity contribution < 1.29 is 9.59 Å². The number of hydrogen-bond acceptors (Lipinski definition) is 2. The lowest BCUT2D eigenvalue weighted by atomic mass is 9.88. The van der Waals surface area contributed by atoms with Gasteiger partial charge < -0.3 is 11.5 Å². The fraction of sp³-hybridized carbons (Fsp3) is 0.842. The Morgan fingerprint density at radius 3 is 0.952 bits per heavy atom. The van der Waals surface area contributed by atoms with Gasteiger partial charge in [-0.25, -0.2) is 0 Å². The zero-order valence-corrected chi connectivity index (χ0v) is 28.2. The number of rotatable bonds is 33. The van der Waals surface area contributed by atoms with E-state index in [0.717, 1.165) is 51.4 Å². The van der Waals surface area contributed by atoms with Crippen LogP contribution >= 0.6 is 0 Å². The van der Waals surface area contributed by atoms with Crippen LogP contribution in [0.1, 0.15) is 194 Å². The van der Waals surface area contributed by atoms with Crippen molar-refractivity contribution in [2.45, 2.75) is 194 Å². The molecular formula is C38H72N2O2. The van der Waals surface area contributed by atoms with Gasteiger partial charge in [-0.1, -0.05) is 141 Å². The van der Waals surface area contributed by atoms with E-state index in [4.69, 9.17) is 11.5 Å². The van der Waals surface area contributed by atoms with Gasteiger partial charge in [0.05, 0.1) is 0 Å². The maximum Gasteiger partial charge on any atom is 0.220 e. The number of carbonyl (C=O) groups is 2. The monoisotopic (exact) mass is 589 g/mol. The van der Waals surface area contributed by atoms with Crippen LogP contribution in [0.4, 0.5) is 0 Å². The standard InChI is InChI=1S/C38H72N2O2/c1-3-5-7-9-11-13-15-17-19-21-23-25-27-29-31-35(37(39)41)33-34-36(38(40)42)32-30-28-26-24-22-20-18-16-14-12-10-8-6-4-2/h17-20,35-36H,3-16,21-34H2,1-2H3,(H2,39,41)(H2,40,42)/b19-17-,20-18-. The molecule has 0 aliphatic rings. The summed E-state index contributed by atoms with van der Waals surface area (Å²) >= 11 is 0. The summed E-state index contributed by atoms with van der Waals surface area (Å²) in [6.07, 6.45) is 42.7. The van der Waals surface area contributed by atoms with Crippen LogP contribution in [0.2, 0.25) is 0 Å². The Morgan fingerprint density at radius 1 is 0.405 bits per heavy atom. The highest BCUT2D eigenvalue weighted by molar-refractivity contribution is 5.78. The molecule has 0 fully saturated rings. The minimum Gasteiger partial charge on any atom is -0.369 e. The fourth-order valence-corrected chi connectivity index (χ4v) is 5.83. The number of primary amides is 2. The Hall–Kier alpha value is -1.58. The highest BCUT2D eigenvalue weighted by atomic mass is 16.1. The second kappa shape index (κ2) is 32.3. The Bertz CT molecular complexity index is 601. The summed E-state index contributed by atoms with van der Waals surface area (Å²) in [5, 5.41) is 0. The first kappa shape index (κ1) is 40.4. The third kappa shape index (κ3) is 28.5. The molecule has 0 aliphatic heterocycles. The van der Waals surface area contributed by atoms with Gasteiger partial charge in [-0.3, -0.25) is 9.59 Å². The average molecular weight is 589 g/mol. The lowest BCUT2D eigenvalue weighted by Crippen LogP contribution is -2.27. The molecule has 0 spiro atoms. The second-order valence-corrected chi connectivity index (χ2v) is 12.8. The zero-order chi connectivity index (χ0) is 30.9. The van der Waals surface area contributed by atoms with Crippen molar-refractivity contribution in [2.24, 2.45) is 23.3 Å². The van der Waals surface area contributed by atoms with E-state index in [-0.39, 0.29) is 23.7 Å². The Kier molecular flexibility index (Phi) is 31.1. The van der Waals surface area contributed by atoms with Crippen LogP contribution in [0, 0.1) is 11.8 Å². The fourth-order valence-electron chi connectivity index (χ4n) is 5.83. The minimum atomic E-state index is -0.222. The normalized spacial score (nSPS) is 13.3. The Balaban J connectivity index is 3.87. The smallest absolute Gasteiger partial charge is 0.220 e. The summed E-state index contributed by atoms with van der Waals surface area (Å²) in [6.45, 7) is 4.53. The summed E-state index contributed by atoms with van der Waals surface area (Å²) in [4.78, 5) is 24.1. The summed E-state index contributed by atoms with van der Waals surface area (Å²) in [6, 6.07) is 0. The SMILES string of the molecule is CCCCCCCC/C=C\CCCCCCC(CCC(CCCCCC/C=C\CCCCCCCC)C(N)=O)C(N)=O. The molecule has 2 atom stereocenters. The highest BCUT2D eigenvalue weighted by Gasteiger charge is 2.20. The van der Waals surface area contributed by atoms with E-state index >= 15 is 0 Å². The number of hydrogen-bond donors (Lipinski definition) is 2. The van der Waals surface area contributed by atoms with Gasteiger partial charge in [0, 0.05) is 11.8 Å². The molecule has 4 N–H and O–H groups in total. The highest BCUT2D eigenvalue weighted by Crippen LogP contribution is 2.23. The summed E-state index contributed by atoms with van der Waals surface area (Å²) in [5.74, 6) is -0.708. The molecule has 0 aromatic heterocycles. The van der Waals surface area contributed by atoms with Gasteiger partial charge in [0.25, 0.3) is 0 Å². The van der Waals surface area contributed by atoms with Gasteiger partial charge in [-0.15, -0.1) is 0 Å². The Morgan fingerprint density at radius 2 is 0.667 bits per heavy atom. The van der Waals surface area contributed by atoms with Crippen LogP contribution in [0.3, 0.4) is 0 Å². The van der Waals surface area contributed by atoms with Crippen LogP contribution in [-0.4, -0.2) is 11.8 Å². The van der Waals surface area contributed by atoms with Crippen LogP contribution < -0.4 is 11.5 Å². The molecule has 0 saturated carbocycles. The van der Waals surface area contributed by atoms with Gasteiger partial charge >= 0.3 is 0 Å². The van der Waals surface area contributed by atoms with Gasteiger partial charge in [-0.2, -0.15) is 0 Å². The molecular weight excluding hydrogens is 516 g/mol. The number of allylic oxidation sites excluding steroid dienone is 4. The van der Waals surface area contributed by atoms with Crippen LogP contribution in [0.5, 0.6) is 0 Å². The van der Waals surface area contributed by atoms with E-state index in [1.165, 1.54) is 116 Å². The third-order valence-corrected chi connectivity index (χ3v) is 8.80. The first-order valence-corrected chi connectivity index (χ1v) is 18.4. The average Bonchev–Trinajstić information content (AvgIpc) is 2.97. The zero-order valence-electron chi connectivity index (χ0n) is 28.2. The predicted octanol–water partition coefficient (Wildman–Crippen LogP) is 11.3. The molecule has 0 saturated heterocycles. The van der Waals surface area contributed by atoms with Crippen molar-refractivity contribution in [2.75, 3.05) is 0 Å². The molecule has 4 heteroatoms. The molecule has 4 nitrogen and oxygen atoms in total. The molecule has 0 radical (unpaired) electrons. The predicted molar refractivity (Wildman–Crippen MR) is 184 cm³/mol. The van der Waals surface area contributed by atoms with E-state index in [2.05, 4.69) is 38.2 Å². The van der Waals surface area contributed by atoms with Crippen molar-refractivity contribution in [3.63, 3.8) is 0 Å². The van der Waals surface area contributed by atoms with Gasteiger partial charge in [0.1, 0.15) is 0 Å². The van der Waals surface area contributed by atoms with E-state index < -0.39 is 0 Å². The largest absolute Gasteiger partial charge is 0.369 e. The molecule has 2 unspecified atom stereocenters. The first-order valence-electron chi connectivity index (χ1n) is 18.4. The van der Waals surface area contributed by atoms with E-state index in [9.17, 15) is 9.59 Å². The third-order valence-electron chi connectivity index (χ3n) is 8.80. The maximum absolute atomic E-state index is 12.0. The molecule has 0 aliphatic carbocycles. The van der Waals surface area contributed by atoms with Crippen molar-refractivity contribution in [1.82, 2.24) is 0 Å². The number of nitrogens with two attached hydrogens (primary N) is 2. The number of carbonyl (C=O) groups excluding carboxylic acids is 2. The lowest BCUT2D eigenvalue weighted by molar-refractivity contribution is -0.124. The quantitative estimate of drug-likeness (QED) is 0.0590. The maximum atomic E-state index is 12.0. The van der Waals surface area contributed by atoms with E-state index in [1.54, 1.807) is 0 Å². The molecule has 0 aromatic carbocycles. The summed E-state index contributed by atoms with van der Waals surface area (Å²) < 4.78 is 0. The minimum absolute atomic E-state index is 0.132. The molecule has 42 heavy (non-hydrogen) atoms. The molecule has 0 heterocycles. The lowest BCUT2D eigenvalue weighted by Gasteiger charge is -2.17. The first-order chi connectivity index (χ1) is 20.5. The Labute approximate surface area is 262 Å². The van der Waals surface area contributed by atoms with E-state index in [0.29, 0.717) is 12.8 Å². The molecule has 0 rings (SSSR count). The van der Waals surface area contributed by atoms with Crippen molar-refractivity contribution in [3.8, 4) is 0 Å². The number of unbranched alkanes of at least 4 members (excludes halogenated alkanes) is 20. The summed E-state index contributed by atoms with van der Waals surface area (Å²) in [7, 11) is 0. The van der Waals surface area contributed by atoms with Crippen molar-refractivity contribution >= 4 is 11.8 Å². The van der Waals surface area contributed by atoms with E-state index in [1.807, 2.05) is 0 Å². The molecule has 2 amide bonds. The van der Waals surface area contributed by atoms with Crippen molar-refractivity contribution in [3.05, 3.63) is 24.3 Å². The van der Waals surface area contributed by atoms with Gasteiger partial charge in [0.2, 0.25) is 11.8 Å². The van der Waals surface area contributed by atoms with Crippen LogP contribution in [0.15, 0.2) is 24.3 Å². The number of amides is 2. The van der Waals surface area contributed by atoms with Crippen LogP contribution in [0.25, 0.3) is 0 Å². The van der Waals surface area contributed by atoms with Crippen molar-refractivity contribution in [1.29, 1.82) is 0 Å². The molecule has 0 aromatic rings. The van der Waals surface area contributed by atoms with Gasteiger partial charge in [-0.05, 0) is 77.0 Å². The molecule has 0 bridgehead atoms. The summed E-state index contributed by atoms with van der Waals surface area (Å²) in [5.41, 5.74) is 11.4. The second-order valence-electron chi connectivity index (χ2n) is 12.8.